The quantitative estimate of drug-likeness (QED) is 0.176. The number of thiophene rings is 1. The zero-order valence-electron chi connectivity index (χ0n) is 26.1. The van der Waals surface area contributed by atoms with E-state index in [9.17, 15) is 0 Å². The van der Waals surface area contributed by atoms with Crippen molar-refractivity contribution in [3.8, 4) is 11.1 Å². The zero-order valence-corrected chi connectivity index (χ0v) is 26.9. The molecule has 0 aliphatic carbocycles. The monoisotopic (exact) mass is 627 g/mol. The molecule has 48 heavy (non-hydrogen) atoms. The first-order valence-corrected chi connectivity index (χ1v) is 17.3. The lowest BCUT2D eigenvalue weighted by Gasteiger charge is -2.29. The summed E-state index contributed by atoms with van der Waals surface area (Å²) in [7, 11) is 0. The second-order valence-corrected chi connectivity index (χ2v) is 13.5. The highest BCUT2D eigenvalue weighted by Crippen LogP contribution is 2.46. The van der Waals surface area contributed by atoms with Crippen molar-refractivity contribution in [1.82, 2.24) is 0 Å². The van der Waals surface area contributed by atoms with Crippen molar-refractivity contribution < 1.29 is 0 Å². The van der Waals surface area contributed by atoms with Crippen LogP contribution in [0.3, 0.4) is 0 Å². The van der Waals surface area contributed by atoms with Gasteiger partial charge in [0.1, 0.15) is 0 Å². The molecule has 0 saturated carbocycles. The van der Waals surface area contributed by atoms with Crippen molar-refractivity contribution in [2.24, 2.45) is 0 Å². The topological polar surface area (TPSA) is 3.24 Å². The van der Waals surface area contributed by atoms with Crippen LogP contribution in [0.2, 0.25) is 0 Å². The van der Waals surface area contributed by atoms with E-state index in [0.29, 0.717) is 0 Å². The van der Waals surface area contributed by atoms with Gasteiger partial charge in [-0.25, -0.2) is 0 Å². The molecule has 0 fully saturated rings. The van der Waals surface area contributed by atoms with Gasteiger partial charge in [0, 0.05) is 36.8 Å². The van der Waals surface area contributed by atoms with E-state index < -0.39 is 0 Å². The molecule has 1 nitrogen and oxygen atoms in total. The minimum Gasteiger partial charge on any atom is -0.309 e. The molecule has 1 aromatic heterocycles. The Morgan fingerprint density at radius 2 is 1.04 bits per heavy atom. The minimum atomic E-state index is 1.14. The lowest BCUT2D eigenvalue weighted by atomic mass is 9.95. The maximum absolute atomic E-state index is 2.47. The van der Waals surface area contributed by atoms with Crippen LogP contribution < -0.4 is 4.90 Å². The summed E-state index contributed by atoms with van der Waals surface area (Å²) in [6.07, 6.45) is 0. The molecule has 0 N–H and O–H groups in total. The predicted octanol–water partition coefficient (Wildman–Crippen LogP) is 13.8. The van der Waals surface area contributed by atoms with Gasteiger partial charge in [-0.3, -0.25) is 0 Å². The summed E-state index contributed by atoms with van der Waals surface area (Å²) in [5.74, 6) is 0. The SMILES string of the molecule is c1ccc(-c2ccccc2N(c2ccc3c(ccc4c5ccccc5sc34)c2)c2cccc3c2ccc2ccc4ccccc4c23)cc1. The molecule has 9 aromatic carbocycles. The molecule has 1 heterocycles. The van der Waals surface area contributed by atoms with E-state index in [1.165, 1.54) is 74.4 Å². The summed E-state index contributed by atoms with van der Waals surface area (Å²) in [4.78, 5) is 2.47. The Morgan fingerprint density at radius 1 is 0.375 bits per heavy atom. The van der Waals surface area contributed by atoms with Gasteiger partial charge < -0.3 is 4.90 Å². The van der Waals surface area contributed by atoms with Gasteiger partial charge in [0.05, 0.1) is 11.4 Å². The van der Waals surface area contributed by atoms with E-state index in [-0.39, 0.29) is 0 Å². The molecular weight excluding hydrogens is 599 g/mol. The van der Waals surface area contributed by atoms with E-state index in [1.54, 1.807) is 0 Å². The first kappa shape index (κ1) is 27.2. The second-order valence-electron chi connectivity index (χ2n) is 12.5. The van der Waals surface area contributed by atoms with E-state index in [1.807, 2.05) is 11.3 Å². The lowest BCUT2D eigenvalue weighted by molar-refractivity contribution is 1.30. The molecule has 0 amide bonds. The third-order valence-electron chi connectivity index (χ3n) is 9.82. The molecule has 0 aliphatic heterocycles. The Labute approximate surface area is 282 Å². The molecule has 0 saturated heterocycles. The first-order chi connectivity index (χ1) is 23.8. The van der Waals surface area contributed by atoms with Crippen molar-refractivity contribution in [2.75, 3.05) is 4.90 Å². The van der Waals surface area contributed by atoms with Crippen molar-refractivity contribution >= 4 is 91.7 Å². The van der Waals surface area contributed by atoms with E-state index in [0.717, 1.165) is 17.1 Å². The number of hydrogen-bond donors (Lipinski definition) is 0. The smallest absolute Gasteiger partial charge is 0.0540 e. The Balaban J connectivity index is 1.27. The molecule has 0 atom stereocenters. The van der Waals surface area contributed by atoms with Gasteiger partial charge in [-0.05, 0) is 73.6 Å². The summed E-state index contributed by atoms with van der Waals surface area (Å²) in [6, 6.07) is 64.5. The number of nitrogens with zero attached hydrogens (tertiary/aromatic N) is 1. The number of fused-ring (bicyclic) bond motifs is 10. The maximum Gasteiger partial charge on any atom is 0.0540 e. The van der Waals surface area contributed by atoms with Crippen LogP contribution in [0.5, 0.6) is 0 Å². The van der Waals surface area contributed by atoms with Gasteiger partial charge in [0.15, 0.2) is 0 Å². The fourth-order valence-electron chi connectivity index (χ4n) is 7.62. The van der Waals surface area contributed by atoms with Crippen molar-refractivity contribution in [1.29, 1.82) is 0 Å². The van der Waals surface area contributed by atoms with Gasteiger partial charge >= 0.3 is 0 Å². The van der Waals surface area contributed by atoms with Crippen molar-refractivity contribution in [3.05, 3.63) is 176 Å². The molecular formula is C46H29NS. The largest absolute Gasteiger partial charge is 0.309 e. The summed E-state index contributed by atoms with van der Waals surface area (Å²) in [6.45, 7) is 0. The van der Waals surface area contributed by atoms with Gasteiger partial charge in [-0.15, -0.1) is 11.3 Å². The zero-order chi connectivity index (χ0) is 31.6. The fourth-order valence-corrected chi connectivity index (χ4v) is 8.86. The highest BCUT2D eigenvalue weighted by atomic mass is 32.1. The van der Waals surface area contributed by atoms with Crippen LogP contribution in [0.4, 0.5) is 17.1 Å². The second kappa shape index (κ2) is 10.8. The maximum atomic E-state index is 2.47. The average molecular weight is 628 g/mol. The first-order valence-electron chi connectivity index (χ1n) is 16.4. The molecule has 0 radical (unpaired) electrons. The Bertz CT molecular complexity index is 2850. The van der Waals surface area contributed by atoms with Gasteiger partial charge in [-0.1, -0.05) is 146 Å². The van der Waals surface area contributed by atoms with Crippen LogP contribution in [-0.4, -0.2) is 0 Å². The van der Waals surface area contributed by atoms with Crippen LogP contribution in [0.1, 0.15) is 0 Å². The molecule has 0 aliphatic rings. The Kier molecular flexibility index (Phi) is 6.12. The van der Waals surface area contributed by atoms with Crippen LogP contribution in [0.15, 0.2) is 176 Å². The lowest BCUT2D eigenvalue weighted by Crippen LogP contribution is -2.11. The molecule has 0 bridgehead atoms. The van der Waals surface area contributed by atoms with Crippen molar-refractivity contribution in [2.45, 2.75) is 0 Å². The number of rotatable bonds is 4. The third-order valence-corrected chi connectivity index (χ3v) is 11.0. The Morgan fingerprint density at radius 3 is 1.98 bits per heavy atom. The van der Waals surface area contributed by atoms with Crippen LogP contribution >= 0.6 is 11.3 Å². The third kappa shape index (κ3) is 4.17. The molecule has 224 valence electrons. The number of para-hydroxylation sites is 1. The van der Waals surface area contributed by atoms with Gasteiger partial charge in [-0.2, -0.15) is 0 Å². The number of benzene rings is 9. The predicted molar refractivity (Wildman–Crippen MR) is 209 cm³/mol. The van der Waals surface area contributed by atoms with E-state index in [4.69, 9.17) is 0 Å². The summed E-state index contributed by atoms with van der Waals surface area (Å²) < 4.78 is 2.68. The van der Waals surface area contributed by atoms with Crippen LogP contribution in [0.25, 0.3) is 74.4 Å². The Hall–Kier alpha value is -5.96. The molecule has 10 rings (SSSR count). The fraction of sp³-hybridized carbons (Fsp3) is 0. The standard InChI is InChI=1S/C46H29NS/c1-2-11-30(12-3-1)35-14-6-8-18-42(35)47(34-25-28-37-33(29-34)24-27-41-39-16-7-9-20-44(39)48-46(37)41)43-19-10-17-40-38(43)26-23-32-22-21-31-13-4-5-15-36(31)45(32)40/h1-29H. The van der Waals surface area contributed by atoms with Gasteiger partial charge in [0.2, 0.25) is 0 Å². The average Bonchev–Trinajstić information content (AvgIpc) is 3.54. The highest BCUT2D eigenvalue weighted by Gasteiger charge is 2.21. The summed E-state index contributed by atoms with van der Waals surface area (Å²) in [5.41, 5.74) is 5.84. The van der Waals surface area contributed by atoms with E-state index >= 15 is 0 Å². The molecule has 0 spiro atoms. The molecule has 2 heteroatoms. The summed E-state index contributed by atoms with van der Waals surface area (Å²) in [5, 5.41) is 12.8. The van der Waals surface area contributed by atoms with Crippen LogP contribution in [0, 0.1) is 0 Å². The summed E-state index contributed by atoms with van der Waals surface area (Å²) >= 11 is 1.89. The molecule has 0 unspecified atom stereocenters. The highest BCUT2D eigenvalue weighted by molar-refractivity contribution is 7.26. The number of anilines is 3. The van der Waals surface area contributed by atoms with Crippen molar-refractivity contribution in [3.63, 3.8) is 0 Å². The van der Waals surface area contributed by atoms with Gasteiger partial charge in [0.25, 0.3) is 0 Å². The normalized spacial score (nSPS) is 11.8. The van der Waals surface area contributed by atoms with Crippen LogP contribution in [-0.2, 0) is 0 Å². The van der Waals surface area contributed by atoms with E-state index in [2.05, 4.69) is 181 Å². The molecule has 10 aromatic rings. The minimum absolute atomic E-state index is 1.14. The number of hydrogen-bond acceptors (Lipinski definition) is 2.